The van der Waals surface area contributed by atoms with Gasteiger partial charge >= 0.3 is 0 Å². The third kappa shape index (κ3) is 7.63. The molecule has 0 spiro atoms. The molecular formula is C18H26FN5O3S. The summed E-state index contributed by atoms with van der Waals surface area (Å²) in [6.45, 7) is 5.17. The zero-order valence-corrected chi connectivity index (χ0v) is 17.1. The fourth-order valence-corrected chi connectivity index (χ4v) is 3.41. The van der Waals surface area contributed by atoms with Crippen LogP contribution in [0.2, 0.25) is 0 Å². The van der Waals surface area contributed by atoms with E-state index in [4.69, 9.17) is 4.52 Å². The molecule has 0 amide bonds. The number of hydrogen-bond donors (Lipinski definition) is 2. The standard InChI is InChI=1S/C18H26FN5O3S/c1-4-20-18(21-9-5-6-17-23-13(2)24-27-17)22-11-15-10-16(19)8-7-14(15)12-28(3,25)26/h7-8,10H,4-6,9,11-12H2,1-3H3,(H2,20,21,22). The van der Waals surface area contributed by atoms with E-state index in [1.165, 1.54) is 18.2 Å². The molecule has 2 aromatic rings. The molecule has 2 N–H and O–H groups in total. The second-order valence-corrected chi connectivity index (χ2v) is 8.58. The monoisotopic (exact) mass is 411 g/mol. The van der Waals surface area contributed by atoms with Gasteiger partial charge in [-0.1, -0.05) is 11.2 Å². The summed E-state index contributed by atoms with van der Waals surface area (Å²) in [5.41, 5.74) is 1.10. The van der Waals surface area contributed by atoms with Gasteiger partial charge in [0.25, 0.3) is 0 Å². The first-order valence-corrected chi connectivity index (χ1v) is 11.1. The predicted octanol–water partition coefficient (Wildman–Crippen LogP) is 1.75. The number of nitrogens with zero attached hydrogens (tertiary/aromatic N) is 3. The molecule has 10 heteroatoms. The Kier molecular flexibility index (Phi) is 7.91. The van der Waals surface area contributed by atoms with Gasteiger partial charge in [-0.3, -0.25) is 0 Å². The van der Waals surface area contributed by atoms with E-state index in [-0.39, 0.29) is 12.3 Å². The molecule has 1 aromatic carbocycles. The lowest BCUT2D eigenvalue weighted by Crippen LogP contribution is -2.37. The topological polar surface area (TPSA) is 109 Å². The minimum atomic E-state index is -3.23. The molecule has 0 saturated carbocycles. The number of aryl methyl sites for hydroxylation is 2. The summed E-state index contributed by atoms with van der Waals surface area (Å²) in [6.07, 6.45) is 2.57. The smallest absolute Gasteiger partial charge is 0.226 e. The van der Waals surface area contributed by atoms with Gasteiger partial charge in [0.15, 0.2) is 21.6 Å². The number of hydrogen-bond acceptors (Lipinski definition) is 6. The minimum absolute atomic E-state index is 0.147. The molecule has 1 heterocycles. The van der Waals surface area contributed by atoms with Crippen LogP contribution in [0.5, 0.6) is 0 Å². The van der Waals surface area contributed by atoms with E-state index in [0.29, 0.717) is 48.3 Å². The van der Waals surface area contributed by atoms with Gasteiger partial charge in [-0.15, -0.1) is 0 Å². The first-order chi connectivity index (χ1) is 13.3. The SMILES string of the molecule is CCNC(=NCc1cc(F)ccc1CS(C)(=O)=O)NCCCc1nc(C)no1. The summed E-state index contributed by atoms with van der Waals surface area (Å²) < 4.78 is 41.9. The quantitative estimate of drug-likeness (QED) is 0.367. The van der Waals surface area contributed by atoms with Gasteiger partial charge in [-0.2, -0.15) is 4.98 Å². The maximum atomic E-state index is 13.6. The van der Waals surface area contributed by atoms with Crippen molar-refractivity contribution in [2.75, 3.05) is 19.3 Å². The van der Waals surface area contributed by atoms with Crippen molar-refractivity contribution >= 4 is 15.8 Å². The summed E-state index contributed by atoms with van der Waals surface area (Å²) in [7, 11) is -3.23. The first-order valence-electron chi connectivity index (χ1n) is 9.03. The lowest BCUT2D eigenvalue weighted by Gasteiger charge is -2.12. The van der Waals surface area contributed by atoms with Crippen LogP contribution in [0.15, 0.2) is 27.7 Å². The van der Waals surface area contributed by atoms with E-state index in [0.717, 1.165) is 12.7 Å². The summed E-state index contributed by atoms with van der Waals surface area (Å²) in [4.78, 5) is 8.60. The number of benzene rings is 1. The van der Waals surface area contributed by atoms with E-state index in [1.54, 1.807) is 6.92 Å². The van der Waals surface area contributed by atoms with Crippen LogP contribution in [0.1, 0.15) is 36.2 Å². The Morgan fingerprint density at radius 3 is 2.71 bits per heavy atom. The average Bonchev–Trinajstić information content (AvgIpc) is 3.02. The molecule has 0 atom stereocenters. The molecule has 1 aromatic heterocycles. The second kappa shape index (κ2) is 10.2. The van der Waals surface area contributed by atoms with Crippen LogP contribution < -0.4 is 10.6 Å². The van der Waals surface area contributed by atoms with Crippen molar-refractivity contribution in [1.82, 2.24) is 20.8 Å². The Bertz CT molecular complexity index is 912. The summed E-state index contributed by atoms with van der Waals surface area (Å²) in [6, 6.07) is 4.08. The number of guanidine groups is 1. The Hall–Kier alpha value is -2.49. The van der Waals surface area contributed by atoms with Gasteiger partial charge in [0.1, 0.15) is 5.82 Å². The molecule has 0 bridgehead atoms. The Morgan fingerprint density at radius 2 is 2.07 bits per heavy atom. The highest BCUT2D eigenvalue weighted by Crippen LogP contribution is 2.15. The molecule has 0 saturated heterocycles. The van der Waals surface area contributed by atoms with Crippen LogP contribution in [0.3, 0.4) is 0 Å². The van der Waals surface area contributed by atoms with Crippen LogP contribution in [0.25, 0.3) is 0 Å². The van der Waals surface area contributed by atoms with Crippen LogP contribution >= 0.6 is 0 Å². The lowest BCUT2D eigenvalue weighted by molar-refractivity contribution is 0.372. The van der Waals surface area contributed by atoms with E-state index in [1.807, 2.05) is 6.92 Å². The molecule has 2 rings (SSSR count). The van der Waals surface area contributed by atoms with Crippen LogP contribution in [0.4, 0.5) is 4.39 Å². The van der Waals surface area contributed by atoms with Gasteiger partial charge in [0.05, 0.1) is 12.3 Å². The molecule has 0 fully saturated rings. The maximum absolute atomic E-state index is 13.6. The average molecular weight is 412 g/mol. The van der Waals surface area contributed by atoms with Gasteiger partial charge in [0.2, 0.25) is 5.89 Å². The van der Waals surface area contributed by atoms with Gasteiger partial charge in [-0.25, -0.2) is 17.8 Å². The number of aliphatic imine (C=N–C) groups is 1. The molecule has 8 nitrogen and oxygen atoms in total. The molecule has 0 radical (unpaired) electrons. The zero-order chi connectivity index (χ0) is 20.6. The van der Waals surface area contributed by atoms with E-state index < -0.39 is 15.7 Å². The van der Waals surface area contributed by atoms with Crippen molar-refractivity contribution in [2.45, 2.75) is 39.0 Å². The Morgan fingerprint density at radius 1 is 1.29 bits per heavy atom. The highest BCUT2D eigenvalue weighted by atomic mass is 32.2. The minimum Gasteiger partial charge on any atom is -0.357 e. The molecule has 0 aliphatic rings. The summed E-state index contributed by atoms with van der Waals surface area (Å²) in [5.74, 6) is 1.20. The third-order valence-electron chi connectivity index (χ3n) is 3.77. The number of aromatic nitrogens is 2. The molecule has 0 aliphatic carbocycles. The number of nitrogens with one attached hydrogen (secondary N) is 2. The van der Waals surface area contributed by atoms with Crippen LogP contribution in [0, 0.1) is 12.7 Å². The number of halogens is 1. The predicted molar refractivity (Wildman–Crippen MR) is 105 cm³/mol. The second-order valence-electron chi connectivity index (χ2n) is 6.44. The molecule has 0 unspecified atom stereocenters. The van der Waals surface area contributed by atoms with E-state index >= 15 is 0 Å². The largest absolute Gasteiger partial charge is 0.357 e. The summed E-state index contributed by atoms with van der Waals surface area (Å²) >= 11 is 0. The lowest BCUT2D eigenvalue weighted by atomic mass is 10.1. The highest BCUT2D eigenvalue weighted by molar-refractivity contribution is 7.89. The summed E-state index contributed by atoms with van der Waals surface area (Å²) in [5, 5.41) is 10.0. The Balaban J connectivity index is 1.98. The van der Waals surface area contributed by atoms with E-state index in [2.05, 4.69) is 25.8 Å². The zero-order valence-electron chi connectivity index (χ0n) is 16.3. The number of rotatable bonds is 9. The van der Waals surface area contributed by atoms with Crippen molar-refractivity contribution in [3.63, 3.8) is 0 Å². The molecule has 28 heavy (non-hydrogen) atoms. The van der Waals surface area contributed by atoms with E-state index in [9.17, 15) is 12.8 Å². The first kappa shape index (κ1) is 21.8. The Labute approximate surface area is 164 Å². The van der Waals surface area contributed by atoms with Crippen molar-refractivity contribution < 1.29 is 17.3 Å². The third-order valence-corrected chi connectivity index (χ3v) is 4.60. The fraction of sp³-hybridized carbons (Fsp3) is 0.500. The molecular weight excluding hydrogens is 385 g/mol. The maximum Gasteiger partial charge on any atom is 0.226 e. The number of sulfone groups is 1. The van der Waals surface area contributed by atoms with Gasteiger partial charge in [0, 0.05) is 25.8 Å². The van der Waals surface area contributed by atoms with Crippen LogP contribution in [-0.4, -0.2) is 43.9 Å². The van der Waals surface area contributed by atoms with Crippen molar-refractivity contribution in [3.05, 3.63) is 46.9 Å². The molecule has 0 aliphatic heterocycles. The normalized spacial score (nSPS) is 12.2. The fourth-order valence-electron chi connectivity index (χ4n) is 2.56. The van der Waals surface area contributed by atoms with Crippen molar-refractivity contribution in [3.8, 4) is 0 Å². The van der Waals surface area contributed by atoms with Crippen LogP contribution in [-0.2, 0) is 28.6 Å². The van der Waals surface area contributed by atoms with Gasteiger partial charge < -0.3 is 15.2 Å². The van der Waals surface area contributed by atoms with Gasteiger partial charge in [-0.05, 0) is 43.5 Å². The van der Waals surface area contributed by atoms with Crippen molar-refractivity contribution in [2.24, 2.45) is 4.99 Å². The highest BCUT2D eigenvalue weighted by Gasteiger charge is 2.11. The van der Waals surface area contributed by atoms with Crippen molar-refractivity contribution in [1.29, 1.82) is 0 Å². The molecule has 154 valence electrons.